The van der Waals surface area contributed by atoms with Gasteiger partial charge in [-0.25, -0.2) is 0 Å². The molecule has 2 N–H and O–H groups in total. The second kappa shape index (κ2) is 6.97. The molecule has 0 bridgehead atoms. The number of thioether (sulfide) groups is 1. The van der Waals surface area contributed by atoms with Crippen LogP contribution in [0.1, 0.15) is 6.42 Å². The van der Waals surface area contributed by atoms with Crippen LogP contribution in [0, 0.1) is 0 Å². The van der Waals surface area contributed by atoms with Gasteiger partial charge in [-0.2, -0.15) is 11.8 Å². The molecule has 0 radical (unpaired) electrons. The Morgan fingerprint density at radius 1 is 1.77 bits per heavy atom. The second-order valence-electron chi connectivity index (χ2n) is 2.90. The Morgan fingerprint density at radius 3 is 2.85 bits per heavy atom. The van der Waals surface area contributed by atoms with E-state index in [1.807, 2.05) is 6.26 Å². The molecule has 76 valence electrons. The Labute approximate surface area is 84.4 Å². The van der Waals surface area contributed by atoms with Gasteiger partial charge in [0.05, 0.1) is 6.04 Å². The minimum Gasteiger partial charge on any atom is -0.341 e. The van der Waals surface area contributed by atoms with Gasteiger partial charge < -0.3 is 10.6 Å². The average molecular weight is 202 g/mol. The van der Waals surface area contributed by atoms with Crippen LogP contribution < -0.4 is 5.73 Å². The van der Waals surface area contributed by atoms with Crippen LogP contribution in [-0.2, 0) is 4.79 Å². The quantitative estimate of drug-likeness (QED) is 0.645. The first kappa shape index (κ1) is 12.5. The highest BCUT2D eigenvalue weighted by Gasteiger charge is 2.15. The van der Waals surface area contributed by atoms with Crippen molar-refractivity contribution in [3.63, 3.8) is 0 Å². The molecule has 0 aliphatic rings. The Balaban J connectivity index is 3.86. The first-order valence-electron chi connectivity index (χ1n) is 4.23. The van der Waals surface area contributed by atoms with Crippen molar-refractivity contribution in [2.24, 2.45) is 5.73 Å². The maximum Gasteiger partial charge on any atom is 0.239 e. The molecule has 0 heterocycles. The summed E-state index contributed by atoms with van der Waals surface area (Å²) < 4.78 is 0. The lowest BCUT2D eigenvalue weighted by atomic mass is 10.2. The van der Waals surface area contributed by atoms with Crippen molar-refractivity contribution < 1.29 is 4.79 Å². The SMILES string of the molecule is C=CCN(C)C(=O)[C@H](N)CCSC. The molecule has 1 atom stereocenters. The first-order chi connectivity index (χ1) is 6.13. The van der Waals surface area contributed by atoms with E-state index in [9.17, 15) is 4.79 Å². The number of nitrogens with two attached hydrogens (primary N) is 1. The van der Waals surface area contributed by atoms with Gasteiger partial charge in [0.15, 0.2) is 0 Å². The van der Waals surface area contributed by atoms with Crippen LogP contribution in [0.5, 0.6) is 0 Å². The van der Waals surface area contributed by atoms with Crippen molar-refractivity contribution in [1.82, 2.24) is 4.90 Å². The first-order valence-corrected chi connectivity index (χ1v) is 5.63. The molecule has 0 rings (SSSR count). The van der Waals surface area contributed by atoms with Crippen molar-refractivity contribution >= 4 is 17.7 Å². The fourth-order valence-corrected chi connectivity index (χ4v) is 1.42. The fraction of sp³-hybridized carbons (Fsp3) is 0.667. The van der Waals surface area contributed by atoms with Crippen molar-refractivity contribution in [2.45, 2.75) is 12.5 Å². The van der Waals surface area contributed by atoms with E-state index in [1.165, 1.54) is 0 Å². The number of likely N-dealkylation sites (N-methyl/N-ethyl adjacent to an activating group) is 1. The summed E-state index contributed by atoms with van der Waals surface area (Å²) in [5.74, 6) is 0.920. The van der Waals surface area contributed by atoms with Gasteiger partial charge in [-0.05, 0) is 18.4 Å². The van der Waals surface area contributed by atoms with Gasteiger partial charge in [-0.3, -0.25) is 4.79 Å². The summed E-state index contributed by atoms with van der Waals surface area (Å²) in [6, 6.07) is -0.364. The van der Waals surface area contributed by atoms with Crippen molar-refractivity contribution in [2.75, 3.05) is 25.6 Å². The van der Waals surface area contributed by atoms with Crippen LogP contribution in [-0.4, -0.2) is 42.4 Å². The summed E-state index contributed by atoms with van der Waals surface area (Å²) >= 11 is 1.70. The van der Waals surface area contributed by atoms with E-state index in [4.69, 9.17) is 5.73 Å². The van der Waals surface area contributed by atoms with Crippen LogP contribution in [0.15, 0.2) is 12.7 Å². The Morgan fingerprint density at radius 2 is 2.38 bits per heavy atom. The van der Waals surface area contributed by atoms with E-state index >= 15 is 0 Å². The van der Waals surface area contributed by atoms with E-state index in [2.05, 4.69) is 6.58 Å². The lowest BCUT2D eigenvalue weighted by Crippen LogP contribution is -2.42. The average Bonchev–Trinajstić information content (AvgIpc) is 2.13. The topological polar surface area (TPSA) is 46.3 Å². The number of hydrogen-bond acceptors (Lipinski definition) is 3. The maximum atomic E-state index is 11.5. The smallest absolute Gasteiger partial charge is 0.239 e. The predicted octanol–water partition coefficient (Wildman–Crippen LogP) is 0.711. The molecule has 0 saturated heterocycles. The Bertz CT molecular complexity index is 173. The third kappa shape index (κ3) is 4.95. The summed E-state index contributed by atoms with van der Waals surface area (Å²) in [5, 5.41) is 0. The molecule has 0 saturated carbocycles. The third-order valence-corrected chi connectivity index (χ3v) is 2.37. The number of hydrogen-bond donors (Lipinski definition) is 1. The van der Waals surface area contributed by atoms with Crippen LogP contribution in [0.4, 0.5) is 0 Å². The molecular weight excluding hydrogens is 184 g/mol. The number of carbonyl (C=O) groups excluding carboxylic acids is 1. The van der Waals surface area contributed by atoms with Crippen molar-refractivity contribution in [3.8, 4) is 0 Å². The fourth-order valence-electron chi connectivity index (χ4n) is 0.935. The molecule has 0 aromatic heterocycles. The lowest BCUT2D eigenvalue weighted by Gasteiger charge is -2.19. The highest BCUT2D eigenvalue weighted by atomic mass is 32.2. The van der Waals surface area contributed by atoms with E-state index in [-0.39, 0.29) is 11.9 Å². The molecule has 0 aliphatic carbocycles. The summed E-state index contributed by atoms with van der Waals surface area (Å²) in [6.45, 7) is 4.13. The van der Waals surface area contributed by atoms with E-state index in [0.29, 0.717) is 6.54 Å². The molecule has 1 amide bonds. The summed E-state index contributed by atoms with van der Waals surface area (Å²) in [7, 11) is 1.74. The molecular formula is C9H18N2OS. The molecule has 4 heteroatoms. The van der Waals surface area contributed by atoms with Gasteiger partial charge in [0.25, 0.3) is 0 Å². The van der Waals surface area contributed by atoms with Gasteiger partial charge in [-0.1, -0.05) is 6.08 Å². The van der Waals surface area contributed by atoms with Crippen LogP contribution in [0.25, 0.3) is 0 Å². The number of carbonyl (C=O) groups is 1. The molecule has 0 unspecified atom stereocenters. The molecule has 0 fully saturated rings. The summed E-state index contributed by atoms with van der Waals surface area (Å²) in [6.07, 6.45) is 4.44. The van der Waals surface area contributed by atoms with Gasteiger partial charge in [0, 0.05) is 13.6 Å². The molecule has 0 spiro atoms. The van der Waals surface area contributed by atoms with Gasteiger partial charge >= 0.3 is 0 Å². The summed E-state index contributed by atoms with van der Waals surface area (Å²) in [4.78, 5) is 13.1. The maximum absolute atomic E-state index is 11.5. The van der Waals surface area contributed by atoms with E-state index in [0.717, 1.165) is 12.2 Å². The monoisotopic (exact) mass is 202 g/mol. The standard InChI is InChI=1S/C9H18N2OS/c1-4-6-11(2)9(12)8(10)5-7-13-3/h4,8H,1,5-7,10H2,2-3H3/t8-/m1/s1. The zero-order valence-corrected chi connectivity index (χ0v) is 9.14. The van der Waals surface area contributed by atoms with Crippen LogP contribution in [0.2, 0.25) is 0 Å². The largest absolute Gasteiger partial charge is 0.341 e. The minimum absolute atomic E-state index is 0.00560. The zero-order valence-electron chi connectivity index (χ0n) is 8.32. The van der Waals surface area contributed by atoms with Gasteiger partial charge in [0.2, 0.25) is 5.91 Å². The predicted molar refractivity (Wildman–Crippen MR) is 58.8 cm³/mol. The minimum atomic E-state index is -0.364. The number of rotatable bonds is 6. The highest BCUT2D eigenvalue weighted by Crippen LogP contribution is 2.01. The molecule has 3 nitrogen and oxygen atoms in total. The normalized spacial score (nSPS) is 12.2. The number of amides is 1. The Hall–Kier alpha value is -0.480. The third-order valence-electron chi connectivity index (χ3n) is 1.73. The Kier molecular flexibility index (Phi) is 6.72. The van der Waals surface area contributed by atoms with Gasteiger partial charge in [0.1, 0.15) is 0 Å². The lowest BCUT2D eigenvalue weighted by molar-refractivity contribution is -0.130. The van der Waals surface area contributed by atoms with Gasteiger partial charge in [-0.15, -0.1) is 6.58 Å². The van der Waals surface area contributed by atoms with E-state index in [1.54, 1.807) is 29.8 Å². The van der Waals surface area contributed by atoms with E-state index < -0.39 is 0 Å². The number of nitrogens with zero attached hydrogens (tertiary/aromatic N) is 1. The molecule has 13 heavy (non-hydrogen) atoms. The molecule has 0 aromatic carbocycles. The summed E-state index contributed by atoms with van der Waals surface area (Å²) in [5.41, 5.74) is 5.70. The van der Waals surface area contributed by atoms with Crippen LogP contribution in [0.3, 0.4) is 0 Å². The zero-order chi connectivity index (χ0) is 10.3. The van der Waals surface area contributed by atoms with Crippen molar-refractivity contribution in [3.05, 3.63) is 12.7 Å². The van der Waals surface area contributed by atoms with Crippen LogP contribution >= 0.6 is 11.8 Å². The highest BCUT2D eigenvalue weighted by molar-refractivity contribution is 7.98. The van der Waals surface area contributed by atoms with Crippen molar-refractivity contribution in [1.29, 1.82) is 0 Å². The second-order valence-corrected chi connectivity index (χ2v) is 3.88. The molecule has 0 aromatic rings. The molecule has 0 aliphatic heterocycles.